The number of benzene rings is 1. The van der Waals surface area contributed by atoms with Crippen LogP contribution < -0.4 is 4.74 Å². The molecule has 0 bridgehead atoms. The molecule has 5 nitrogen and oxygen atoms in total. The van der Waals surface area contributed by atoms with Crippen LogP contribution in [-0.4, -0.2) is 37.7 Å². The zero-order chi connectivity index (χ0) is 15.8. The summed E-state index contributed by atoms with van der Waals surface area (Å²) >= 11 is 0. The number of hydrogen-bond acceptors (Lipinski definition) is 4. The Labute approximate surface area is 128 Å². The fraction of sp³-hybridized carbons (Fsp3) is 0.312. The Hall–Kier alpha value is -2.34. The summed E-state index contributed by atoms with van der Waals surface area (Å²) in [7, 11) is 1.58. The minimum Gasteiger partial charge on any atom is -0.484 e. The fourth-order valence-corrected chi connectivity index (χ4v) is 1.86. The van der Waals surface area contributed by atoms with Gasteiger partial charge in [-0.15, -0.1) is 0 Å². The number of furan rings is 1. The highest BCUT2D eigenvalue weighted by molar-refractivity contribution is 5.77. The summed E-state index contributed by atoms with van der Waals surface area (Å²) in [5, 5.41) is 0. The van der Waals surface area contributed by atoms with Crippen molar-refractivity contribution in [3.05, 3.63) is 54.2 Å². The highest BCUT2D eigenvalue weighted by atomic mass is 19.1. The second kappa shape index (κ2) is 8.19. The summed E-state index contributed by atoms with van der Waals surface area (Å²) in [4.78, 5) is 13.9. The molecule has 118 valence electrons. The minimum absolute atomic E-state index is 0.118. The van der Waals surface area contributed by atoms with Crippen molar-refractivity contribution >= 4 is 5.91 Å². The first-order valence-corrected chi connectivity index (χ1v) is 6.85. The molecule has 0 saturated heterocycles. The number of amides is 1. The van der Waals surface area contributed by atoms with Crippen LogP contribution >= 0.6 is 0 Å². The molecule has 0 N–H and O–H groups in total. The third-order valence-corrected chi connectivity index (χ3v) is 3.05. The van der Waals surface area contributed by atoms with E-state index in [4.69, 9.17) is 13.9 Å². The van der Waals surface area contributed by atoms with E-state index >= 15 is 0 Å². The van der Waals surface area contributed by atoms with Crippen LogP contribution in [-0.2, 0) is 16.1 Å². The van der Waals surface area contributed by atoms with Gasteiger partial charge in [0, 0.05) is 25.8 Å². The maximum atomic E-state index is 12.8. The van der Waals surface area contributed by atoms with Crippen molar-refractivity contribution < 1.29 is 23.1 Å². The Bertz CT molecular complexity index is 568. The van der Waals surface area contributed by atoms with Crippen LogP contribution in [0.5, 0.6) is 5.75 Å². The molecular formula is C16H18FNO4. The zero-order valence-corrected chi connectivity index (χ0v) is 12.3. The molecule has 0 aliphatic rings. The number of hydrogen-bond donors (Lipinski definition) is 0. The number of halogens is 1. The van der Waals surface area contributed by atoms with Gasteiger partial charge in [-0.1, -0.05) is 0 Å². The van der Waals surface area contributed by atoms with Gasteiger partial charge < -0.3 is 18.8 Å². The van der Waals surface area contributed by atoms with Crippen LogP contribution in [0.1, 0.15) is 5.56 Å². The summed E-state index contributed by atoms with van der Waals surface area (Å²) in [5.74, 6) is -0.0762. The van der Waals surface area contributed by atoms with E-state index in [1.54, 1.807) is 30.6 Å². The Morgan fingerprint density at radius 1 is 1.27 bits per heavy atom. The van der Waals surface area contributed by atoms with E-state index in [1.165, 1.54) is 24.3 Å². The first-order chi connectivity index (χ1) is 10.7. The summed E-state index contributed by atoms with van der Waals surface area (Å²) in [6.45, 7) is 1.19. The van der Waals surface area contributed by atoms with Gasteiger partial charge in [0.2, 0.25) is 0 Å². The van der Waals surface area contributed by atoms with Gasteiger partial charge in [0.25, 0.3) is 5.91 Å². The molecule has 22 heavy (non-hydrogen) atoms. The van der Waals surface area contributed by atoms with E-state index in [0.29, 0.717) is 25.4 Å². The molecule has 2 aromatic rings. The number of methoxy groups -OCH3 is 1. The van der Waals surface area contributed by atoms with Crippen molar-refractivity contribution in [2.24, 2.45) is 0 Å². The van der Waals surface area contributed by atoms with E-state index in [-0.39, 0.29) is 18.3 Å². The van der Waals surface area contributed by atoms with Crippen LogP contribution in [0.3, 0.4) is 0 Å². The molecule has 1 heterocycles. The van der Waals surface area contributed by atoms with Gasteiger partial charge in [-0.05, 0) is 30.3 Å². The van der Waals surface area contributed by atoms with Crippen molar-refractivity contribution in [1.82, 2.24) is 4.90 Å². The standard InChI is InChI=1S/C16H18FNO4/c1-20-9-7-18(10-13-6-8-21-11-13)16(19)12-22-15-4-2-14(17)3-5-15/h2-6,8,11H,7,9-10,12H2,1H3. The monoisotopic (exact) mass is 307 g/mol. The van der Waals surface area contributed by atoms with E-state index in [9.17, 15) is 9.18 Å². The quantitative estimate of drug-likeness (QED) is 0.752. The fourth-order valence-electron chi connectivity index (χ4n) is 1.86. The van der Waals surface area contributed by atoms with Crippen LogP contribution in [0.2, 0.25) is 0 Å². The van der Waals surface area contributed by atoms with Crippen molar-refractivity contribution in [2.45, 2.75) is 6.54 Å². The highest BCUT2D eigenvalue weighted by Crippen LogP contribution is 2.12. The SMILES string of the molecule is COCCN(Cc1ccoc1)C(=O)COc1ccc(F)cc1. The average molecular weight is 307 g/mol. The van der Waals surface area contributed by atoms with Gasteiger partial charge in [-0.2, -0.15) is 0 Å². The van der Waals surface area contributed by atoms with Gasteiger partial charge in [-0.25, -0.2) is 4.39 Å². The molecule has 0 fully saturated rings. The van der Waals surface area contributed by atoms with Crippen LogP contribution in [0.4, 0.5) is 4.39 Å². The molecule has 0 unspecified atom stereocenters. The predicted molar refractivity (Wildman–Crippen MR) is 77.9 cm³/mol. The van der Waals surface area contributed by atoms with E-state index in [1.807, 2.05) is 0 Å². The number of ether oxygens (including phenoxy) is 2. The van der Waals surface area contributed by atoms with Crippen LogP contribution in [0.25, 0.3) is 0 Å². The lowest BCUT2D eigenvalue weighted by molar-refractivity contribution is -0.134. The highest BCUT2D eigenvalue weighted by Gasteiger charge is 2.15. The van der Waals surface area contributed by atoms with Gasteiger partial charge in [0.05, 0.1) is 19.1 Å². The molecule has 0 atom stereocenters. The topological polar surface area (TPSA) is 51.9 Å². The summed E-state index contributed by atoms with van der Waals surface area (Å²) in [6.07, 6.45) is 3.15. The third kappa shape index (κ3) is 4.89. The van der Waals surface area contributed by atoms with Gasteiger partial charge in [-0.3, -0.25) is 4.79 Å². The van der Waals surface area contributed by atoms with Crippen molar-refractivity contribution in [3.63, 3.8) is 0 Å². The molecule has 0 aliphatic carbocycles. The molecule has 6 heteroatoms. The van der Waals surface area contributed by atoms with Gasteiger partial charge in [0.1, 0.15) is 11.6 Å². The van der Waals surface area contributed by atoms with Gasteiger partial charge >= 0.3 is 0 Å². The van der Waals surface area contributed by atoms with Gasteiger partial charge in [0.15, 0.2) is 6.61 Å². The summed E-state index contributed by atoms with van der Waals surface area (Å²) < 4.78 is 28.2. The number of carbonyl (C=O) groups is 1. The maximum absolute atomic E-state index is 12.8. The Morgan fingerprint density at radius 3 is 2.68 bits per heavy atom. The molecule has 0 radical (unpaired) electrons. The number of nitrogens with zero attached hydrogens (tertiary/aromatic N) is 1. The molecule has 0 saturated carbocycles. The number of rotatable bonds is 8. The van der Waals surface area contributed by atoms with E-state index in [2.05, 4.69) is 0 Å². The van der Waals surface area contributed by atoms with Crippen LogP contribution in [0, 0.1) is 5.82 Å². The molecule has 2 rings (SSSR count). The van der Waals surface area contributed by atoms with E-state index in [0.717, 1.165) is 5.56 Å². The molecule has 0 aliphatic heterocycles. The van der Waals surface area contributed by atoms with Crippen molar-refractivity contribution in [3.8, 4) is 5.75 Å². The minimum atomic E-state index is -0.347. The normalized spacial score (nSPS) is 10.5. The number of carbonyl (C=O) groups excluding carboxylic acids is 1. The second-order valence-electron chi connectivity index (χ2n) is 4.68. The lowest BCUT2D eigenvalue weighted by Gasteiger charge is -2.21. The first-order valence-electron chi connectivity index (χ1n) is 6.85. The summed E-state index contributed by atoms with van der Waals surface area (Å²) in [5.41, 5.74) is 0.895. The first kappa shape index (κ1) is 16.0. The Balaban J connectivity index is 1.91. The van der Waals surface area contributed by atoms with Crippen molar-refractivity contribution in [2.75, 3.05) is 26.9 Å². The average Bonchev–Trinajstić information content (AvgIpc) is 3.03. The molecule has 1 aromatic heterocycles. The predicted octanol–water partition coefficient (Wildman–Crippen LogP) is 2.47. The summed E-state index contributed by atoms with van der Waals surface area (Å²) in [6, 6.07) is 7.34. The van der Waals surface area contributed by atoms with Crippen molar-refractivity contribution in [1.29, 1.82) is 0 Å². The smallest absolute Gasteiger partial charge is 0.260 e. The second-order valence-corrected chi connectivity index (χ2v) is 4.68. The molecule has 0 spiro atoms. The lowest BCUT2D eigenvalue weighted by Crippen LogP contribution is -2.36. The zero-order valence-electron chi connectivity index (χ0n) is 12.3. The van der Waals surface area contributed by atoms with E-state index < -0.39 is 0 Å². The molecular weight excluding hydrogens is 289 g/mol. The Morgan fingerprint density at radius 2 is 2.05 bits per heavy atom. The maximum Gasteiger partial charge on any atom is 0.260 e. The third-order valence-electron chi connectivity index (χ3n) is 3.05. The lowest BCUT2D eigenvalue weighted by atomic mass is 10.3. The van der Waals surface area contributed by atoms with Crippen LogP contribution in [0.15, 0.2) is 47.3 Å². The molecule has 1 aromatic carbocycles. The largest absolute Gasteiger partial charge is 0.484 e. The Kier molecular flexibility index (Phi) is 5.97. The molecule has 1 amide bonds.